The maximum absolute atomic E-state index is 12.8. The van der Waals surface area contributed by atoms with E-state index in [1.807, 2.05) is 60.7 Å². The number of H-pyrrole nitrogens is 1. The fourth-order valence-corrected chi connectivity index (χ4v) is 5.65. The molecule has 2 aromatic heterocycles. The molecule has 0 radical (unpaired) electrons. The van der Waals surface area contributed by atoms with Gasteiger partial charge in [0.25, 0.3) is 10.0 Å². The maximum Gasteiger partial charge on any atom is 0.264 e. The topological polar surface area (TPSA) is 130 Å². The third kappa shape index (κ3) is 6.56. The van der Waals surface area contributed by atoms with Gasteiger partial charge < -0.3 is 10.3 Å². The van der Waals surface area contributed by atoms with Gasteiger partial charge in [-0.3, -0.25) is 4.79 Å². The molecule has 3 aromatic carbocycles. The fourth-order valence-electron chi connectivity index (χ4n) is 4.04. The van der Waals surface area contributed by atoms with Crippen LogP contribution in [0, 0.1) is 13.8 Å². The first-order valence-electron chi connectivity index (χ1n) is 12.4. The number of amides is 1. The van der Waals surface area contributed by atoms with Crippen LogP contribution < -0.4 is 10.0 Å². The van der Waals surface area contributed by atoms with Gasteiger partial charge in [0.15, 0.2) is 5.16 Å². The average Bonchev–Trinajstić information content (AvgIpc) is 3.37. The van der Waals surface area contributed by atoms with E-state index in [4.69, 9.17) is 4.98 Å². The van der Waals surface area contributed by atoms with E-state index < -0.39 is 10.0 Å². The van der Waals surface area contributed by atoms with Crippen molar-refractivity contribution in [1.29, 1.82) is 0 Å². The van der Waals surface area contributed by atoms with Crippen LogP contribution in [0.5, 0.6) is 0 Å². The predicted molar refractivity (Wildman–Crippen MR) is 158 cm³/mol. The molecule has 0 aliphatic carbocycles. The molecule has 5 aromatic rings. The molecule has 1 amide bonds. The minimum absolute atomic E-state index is 0.00988. The lowest BCUT2D eigenvalue weighted by atomic mass is 10.1. The van der Waals surface area contributed by atoms with E-state index in [-0.39, 0.29) is 22.5 Å². The number of benzene rings is 3. The Hall–Kier alpha value is -4.48. The molecule has 0 atom stereocenters. The number of nitrogens with one attached hydrogen (secondary N) is 3. The average molecular weight is 571 g/mol. The van der Waals surface area contributed by atoms with Gasteiger partial charge in [-0.05, 0) is 44.2 Å². The van der Waals surface area contributed by atoms with Gasteiger partial charge >= 0.3 is 0 Å². The second-order valence-electron chi connectivity index (χ2n) is 8.94. The molecule has 5 rings (SSSR count). The molecule has 3 N–H and O–H groups in total. The first kappa shape index (κ1) is 27.1. The minimum atomic E-state index is -3.89. The lowest BCUT2D eigenvalue weighted by Crippen LogP contribution is -2.16. The largest absolute Gasteiger partial charge is 0.332 e. The van der Waals surface area contributed by atoms with Crippen LogP contribution >= 0.6 is 11.8 Å². The van der Waals surface area contributed by atoms with Crippen molar-refractivity contribution in [2.75, 3.05) is 15.8 Å². The molecule has 9 nitrogen and oxygen atoms in total. The van der Waals surface area contributed by atoms with Gasteiger partial charge in [0.05, 0.1) is 22.0 Å². The first-order valence-corrected chi connectivity index (χ1v) is 14.8. The highest BCUT2D eigenvalue weighted by molar-refractivity contribution is 7.99. The number of thioether (sulfide) groups is 1. The van der Waals surface area contributed by atoms with Crippen molar-refractivity contribution in [3.8, 4) is 22.5 Å². The third-order valence-electron chi connectivity index (χ3n) is 5.79. The summed E-state index contributed by atoms with van der Waals surface area (Å²) in [6.45, 7) is 3.52. The van der Waals surface area contributed by atoms with Crippen LogP contribution in [-0.2, 0) is 14.8 Å². The summed E-state index contributed by atoms with van der Waals surface area (Å²) >= 11 is 1.28. The smallest absolute Gasteiger partial charge is 0.264 e. The van der Waals surface area contributed by atoms with Crippen molar-refractivity contribution in [3.05, 3.63) is 102 Å². The lowest BCUT2D eigenvalue weighted by molar-refractivity contribution is -0.113. The number of aryl methyl sites for hydroxylation is 2. The molecule has 11 heteroatoms. The summed E-state index contributed by atoms with van der Waals surface area (Å²) in [7, 11) is -3.89. The number of imidazole rings is 1. The van der Waals surface area contributed by atoms with Gasteiger partial charge in [-0.1, -0.05) is 72.4 Å². The van der Waals surface area contributed by atoms with Gasteiger partial charge in [-0.2, -0.15) is 0 Å². The van der Waals surface area contributed by atoms with E-state index >= 15 is 0 Å². The number of rotatable bonds is 9. The Kier molecular flexibility index (Phi) is 7.94. The monoisotopic (exact) mass is 570 g/mol. The van der Waals surface area contributed by atoms with Crippen LogP contribution in [0.2, 0.25) is 0 Å². The zero-order valence-corrected chi connectivity index (χ0v) is 23.4. The van der Waals surface area contributed by atoms with Crippen LogP contribution in [0.4, 0.5) is 11.6 Å². The quantitative estimate of drug-likeness (QED) is 0.194. The molecule has 202 valence electrons. The molecular weight excluding hydrogens is 544 g/mol. The highest BCUT2D eigenvalue weighted by Crippen LogP contribution is 2.32. The summed E-state index contributed by atoms with van der Waals surface area (Å²) in [5, 5.41) is 3.42. The van der Waals surface area contributed by atoms with E-state index in [0.29, 0.717) is 22.2 Å². The zero-order chi connectivity index (χ0) is 28.1. The highest BCUT2D eigenvalue weighted by atomic mass is 32.2. The highest BCUT2D eigenvalue weighted by Gasteiger charge is 2.18. The van der Waals surface area contributed by atoms with E-state index in [1.54, 1.807) is 19.9 Å². The molecule has 0 aliphatic heterocycles. The summed E-state index contributed by atoms with van der Waals surface area (Å²) in [5.41, 5.74) is 5.45. The second-order valence-corrected chi connectivity index (χ2v) is 11.6. The number of carbonyl (C=O) groups is 1. The molecule has 0 unspecified atom stereocenters. The number of aromatic amines is 1. The number of aromatic nitrogens is 4. The first-order chi connectivity index (χ1) is 19.3. The Morgan fingerprint density at radius 3 is 2.05 bits per heavy atom. The predicted octanol–water partition coefficient (Wildman–Crippen LogP) is 5.68. The van der Waals surface area contributed by atoms with Gasteiger partial charge in [-0.15, -0.1) is 0 Å². The van der Waals surface area contributed by atoms with Crippen molar-refractivity contribution in [2.45, 2.75) is 23.9 Å². The second kappa shape index (κ2) is 11.7. The van der Waals surface area contributed by atoms with E-state index in [0.717, 1.165) is 22.5 Å². The number of sulfonamides is 1. The van der Waals surface area contributed by atoms with Crippen LogP contribution in [-0.4, -0.2) is 40.0 Å². The molecule has 0 saturated carbocycles. The summed E-state index contributed by atoms with van der Waals surface area (Å²) in [5.74, 6) is -0.126. The Bertz CT molecular complexity index is 1660. The van der Waals surface area contributed by atoms with E-state index in [9.17, 15) is 13.2 Å². The Morgan fingerprint density at radius 1 is 0.825 bits per heavy atom. The van der Waals surface area contributed by atoms with Crippen LogP contribution in [0.3, 0.4) is 0 Å². The molecule has 40 heavy (non-hydrogen) atoms. The third-order valence-corrected chi connectivity index (χ3v) is 8.01. The summed E-state index contributed by atoms with van der Waals surface area (Å²) in [6, 6.07) is 27.4. The summed E-state index contributed by atoms with van der Waals surface area (Å²) in [6.07, 6.45) is 0. The SMILES string of the molecule is Cc1cc(C)nc(NS(=O)(=O)c2ccc(NC(=O)CSc3nc(-c4ccccc4)c(-c4ccccc4)[nH]3)cc2)n1. The standard InChI is InChI=1S/C29H26N6O3S2/c1-19-17-20(2)31-28(30-19)35-40(37,38)24-15-13-23(14-16-24)32-25(36)18-39-29-33-26(21-9-5-3-6-10-21)27(34-29)22-11-7-4-8-12-22/h3-17H,18H2,1-2H3,(H,32,36)(H,33,34)(H,30,31,35). The summed E-state index contributed by atoms with van der Waals surface area (Å²) < 4.78 is 27.9. The van der Waals surface area contributed by atoms with Gasteiger partial charge in [-0.25, -0.2) is 28.1 Å². The van der Waals surface area contributed by atoms with Gasteiger partial charge in [0.1, 0.15) is 0 Å². The molecule has 0 saturated heterocycles. The van der Waals surface area contributed by atoms with Crippen LogP contribution in [0.25, 0.3) is 22.5 Å². The van der Waals surface area contributed by atoms with E-state index in [2.05, 4.69) is 25.0 Å². The molecule has 0 fully saturated rings. The van der Waals surface area contributed by atoms with Crippen molar-refractivity contribution >= 4 is 39.3 Å². The molecule has 2 heterocycles. The van der Waals surface area contributed by atoms with Crippen molar-refractivity contribution in [2.24, 2.45) is 0 Å². The normalized spacial score (nSPS) is 11.2. The van der Waals surface area contributed by atoms with Crippen molar-refractivity contribution in [1.82, 2.24) is 19.9 Å². The summed E-state index contributed by atoms with van der Waals surface area (Å²) in [4.78, 5) is 29.1. The maximum atomic E-state index is 12.8. The Balaban J connectivity index is 1.24. The molecule has 0 bridgehead atoms. The molecule has 0 spiro atoms. The fraction of sp³-hybridized carbons (Fsp3) is 0.103. The van der Waals surface area contributed by atoms with Gasteiger partial charge in [0, 0.05) is 28.2 Å². The number of anilines is 2. The number of carbonyl (C=O) groups excluding carboxylic acids is 1. The number of hydrogen-bond donors (Lipinski definition) is 3. The van der Waals surface area contributed by atoms with Crippen molar-refractivity contribution < 1.29 is 13.2 Å². The van der Waals surface area contributed by atoms with Crippen LogP contribution in [0.1, 0.15) is 11.4 Å². The Morgan fingerprint density at radius 2 is 1.43 bits per heavy atom. The van der Waals surface area contributed by atoms with Crippen molar-refractivity contribution in [3.63, 3.8) is 0 Å². The Labute approximate surface area is 236 Å². The molecular formula is C29H26N6O3S2. The van der Waals surface area contributed by atoms with E-state index in [1.165, 1.54) is 36.0 Å². The minimum Gasteiger partial charge on any atom is -0.332 e. The van der Waals surface area contributed by atoms with Crippen LogP contribution in [0.15, 0.2) is 101 Å². The lowest BCUT2D eigenvalue weighted by Gasteiger charge is -2.09. The number of nitrogens with zero attached hydrogens (tertiary/aromatic N) is 3. The molecule has 0 aliphatic rings. The van der Waals surface area contributed by atoms with Gasteiger partial charge in [0.2, 0.25) is 11.9 Å². The number of hydrogen-bond acceptors (Lipinski definition) is 7. The zero-order valence-electron chi connectivity index (χ0n) is 21.8.